The first-order valence-corrected chi connectivity index (χ1v) is 12.1. The van der Waals surface area contributed by atoms with Crippen molar-refractivity contribution in [1.29, 1.82) is 0 Å². The van der Waals surface area contributed by atoms with Crippen LogP contribution in [0.4, 0.5) is 15.9 Å². The van der Waals surface area contributed by atoms with E-state index in [0.717, 1.165) is 15.4 Å². The maximum atomic E-state index is 14.1. The number of rotatable bonds is 4. The second-order valence-electron chi connectivity index (χ2n) is 8.68. The topological polar surface area (TPSA) is 94.9 Å². The molecule has 2 aromatic carbocycles. The Morgan fingerprint density at radius 1 is 1.29 bits per heavy atom. The van der Waals surface area contributed by atoms with E-state index in [2.05, 4.69) is 21.2 Å². The van der Waals surface area contributed by atoms with Crippen molar-refractivity contribution in [2.45, 2.75) is 31.0 Å². The fraction of sp³-hybridized carbons (Fsp3) is 0.333. The molecular weight excluding hydrogens is 529 g/mol. The van der Waals surface area contributed by atoms with Crippen molar-refractivity contribution in [1.82, 2.24) is 4.98 Å². The van der Waals surface area contributed by atoms with Gasteiger partial charge in [-0.05, 0) is 65.2 Å². The number of carbonyl (C=O) groups excluding carboxylic acids is 1. The molecule has 0 spiro atoms. The van der Waals surface area contributed by atoms with Crippen LogP contribution in [-0.4, -0.2) is 52.5 Å². The third-order valence-corrected chi connectivity index (χ3v) is 7.22. The average Bonchev–Trinajstić information content (AvgIpc) is 2.80. The molecule has 0 radical (unpaired) electrons. The number of aromatic nitrogens is 1. The summed E-state index contributed by atoms with van der Waals surface area (Å²) >= 11 is 9.63. The van der Waals surface area contributed by atoms with Crippen LogP contribution in [0.15, 0.2) is 40.9 Å². The lowest BCUT2D eigenvalue weighted by Crippen LogP contribution is -2.58. The molecule has 3 N–H and O–H groups in total. The summed E-state index contributed by atoms with van der Waals surface area (Å²) in [6, 6.07) is 10.1. The van der Waals surface area contributed by atoms with Crippen LogP contribution in [0.5, 0.6) is 5.75 Å². The smallest absolute Gasteiger partial charge is 0.224 e. The van der Waals surface area contributed by atoms with E-state index in [1.54, 1.807) is 6.07 Å². The van der Waals surface area contributed by atoms with Crippen LogP contribution in [0.25, 0.3) is 10.9 Å². The highest BCUT2D eigenvalue weighted by molar-refractivity contribution is 9.10. The molecule has 1 fully saturated rings. The average molecular weight is 551 g/mol. The van der Waals surface area contributed by atoms with Crippen LogP contribution >= 0.6 is 27.5 Å². The van der Waals surface area contributed by atoms with Gasteiger partial charge in [0.15, 0.2) is 0 Å². The molecule has 10 heteroatoms. The molecule has 0 unspecified atom stereocenters. The molecule has 2 atom stereocenters. The van der Waals surface area contributed by atoms with E-state index in [1.807, 2.05) is 23.1 Å². The summed E-state index contributed by atoms with van der Waals surface area (Å²) in [6.45, 7) is 0.431. The number of fused-ring (bicyclic) bond motifs is 2. The quantitative estimate of drug-likeness (QED) is 0.454. The molecule has 1 amide bonds. The Kier molecular flexibility index (Phi) is 6.14. The normalized spacial score (nSPS) is 22.4. The Labute approximate surface area is 208 Å². The minimum Gasteiger partial charge on any atom is -0.490 e. The Hall–Kier alpha value is -2.46. The molecule has 2 aliphatic rings. The molecule has 0 aliphatic carbocycles. The zero-order valence-electron chi connectivity index (χ0n) is 18.0. The van der Waals surface area contributed by atoms with Gasteiger partial charge >= 0.3 is 0 Å². The van der Waals surface area contributed by atoms with Gasteiger partial charge in [0, 0.05) is 35.5 Å². The van der Waals surface area contributed by atoms with Crippen LogP contribution < -0.4 is 15.0 Å². The Morgan fingerprint density at radius 2 is 2.12 bits per heavy atom. The van der Waals surface area contributed by atoms with Crippen molar-refractivity contribution in [2.75, 3.05) is 29.9 Å². The minimum atomic E-state index is -1.49. The highest BCUT2D eigenvalue weighted by Gasteiger charge is 2.42. The summed E-state index contributed by atoms with van der Waals surface area (Å²) in [6.07, 6.45) is -0.294. The number of β-amino-alcohol motifs (C(OH)–C–C–N with tert-alkyl or cyclic N) is 1. The zero-order valence-corrected chi connectivity index (χ0v) is 20.4. The number of hydrogen-bond acceptors (Lipinski definition) is 6. The standard InChI is InChI=1S/C24H22BrClFN3O4/c25-16-10-13-9-14(26)1-4-18(13)28-23(16)30-8-7-24(33,20(31)11-30)12-34-19-5-3-17(27)22-15(19)2-6-21(32)29-22/h1,3-5,9-10,20,31,33H,2,6-8,11-12H2,(H,29,32)/t20-,24-/m1/s1. The van der Waals surface area contributed by atoms with Crippen molar-refractivity contribution in [3.8, 4) is 5.75 Å². The lowest BCUT2D eigenvalue weighted by molar-refractivity contribution is -0.116. The van der Waals surface area contributed by atoms with Gasteiger partial charge in [-0.15, -0.1) is 0 Å². The van der Waals surface area contributed by atoms with Gasteiger partial charge in [-0.2, -0.15) is 0 Å². The predicted octanol–water partition coefficient (Wildman–Crippen LogP) is 4.06. The number of amides is 1. The van der Waals surface area contributed by atoms with Gasteiger partial charge in [0.25, 0.3) is 0 Å². The number of pyridine rings is 1. The van der Waals surface area contributed by atoms with E-state index >= 15 is 0 Å². The second-order valence-corrected chi connectivity index (χ2v) is 9.97. The predicted molar refractivity (Wildman–Crippen MR) is 131 cm³/mol. The number of nitrogens with zero attached hydrogens (tertiary/aromatic N) is 2. The monoisotopic (exact) mass is 549 g/mol. The van der Waals surface area contributed by atoms with Gasteiger partial charge in [-0.3, -0.25) is 4.79 Å². The lowest BCUT2D eigenvalue weighted by atomic mass is 9.89. The van der Waals surface area contributed by atoms with Gasteiger partial charge in [0.05, 0.1) is 15.7 Å². The molecular formula is C24H22BrClFN3O4. The van der Waals surface area contributed by atoms with Crippen molar-refractivity contribution in [3.05, 3.63) is 57.3 Å². The number of ether oxygens (including phenoxy) is 1. The molecule has 5 rings (SSSR count). The largest absolute Gasteiger partial charge is 0.490 e. The molecule has 178 valence electrons. The Bertz CT molecular complexity index is 1290. The van der Waals surface area contributed by atoms with E-state index in [0.29, 0.717) is 35.1 Å². The van der Waals surface area contributed by atoms with Crippen LogP contribution in [0.1, 0.15) is 18.4 Å². The molecule has 7 nitrogen and oxygen atoms in total. The van der Waals surface area contributed by atoms with Gasteiger partial charge in [0.1, 0.15) is 35.7 Å². The fourth-order valence-electron chi connectivity index (χ4n) is 4.42. The first-order valence-electron chi connectivity index (χ1n) is 10.9. The Balaban J connectivity index is 1.31. The third kappa shape index (κ3) is 4.33. The number of carbonyl (C=O) groups is 1. The van der Waals surface area contributed by atoms with Crippen LogP contribution in [0.3, 0.4) is 0 Å². The number of hydrogen-bond donors (Lipinski definition) is 3. The highest BCUT2D eigenvalue weighted by Crippen LogP contribution is 2.36. The van der Waals surface area contributed by atoms with Gasteiger partial charge in [-0.25, -0.2) is 9.37 Å². The summed E-state index contributed by atoms with van der Waals surface area (Å²) in [4.78, 5) is 18.3. The van der Waals surface area contributed by atoms with Crippen LogP contribution in [0.2, 0.25) is 5.02 Å². The number of nitrogens with one attached hydrogen (secondary N) is 1. The summed E-state index contributed by atoms with van der Waals surface area (Å²) in [7, 11) is 0. The first-order chi connectivity index (χ1) is 16.2. The molecule has 34 heavy (non-hydrogen) atoms. The lowest BCUT2D eigenvalue weighted by Gasteiger charge is -2.42. The molecule has 3 heterocycles. The number of halogens is 3. The fourth-order valence-corrected chi connectivity index (χ4v) is 5.19. The van der Waals surface area contributed by atoms with Gasteiger partial charge in [-0.1, -0.05) is 11.6 Å². The SMILES string of the molecule is O=C1CCc2c(OC[C@]3(O)CCN(c4nc5ccc(Cl)cc5cc4Br)C[C@H]3O)ccc(F)c2N1. The maximum Gasteiger partial charge on any atom is 0.224 e. The summed E-state index contributed by atoms with van der Waals surface area (Å²) in [5, 5.41) is 26.0. The van der Waals surface area contributed by atoms with E-state index in [-0.39, 0.29) is 37.6 Å². The molecule has 0 saturated carbocycles. The molecule has 2 aliphatic heterocycles. The van der Waals surface area contributed by atoms with E-state index < -0.39 is 17.5 Å². The molecule has 0 bridgehead atoms. The second kappa shape index (κ2) is 8.96. The molecule has 1 aromatic heterocycles. The molecule has 1 saturated heterocycles. The summed E-state index contributed by atoms with van der Waals surface area (Å²) in [5.74, 6) is 0.275. The third-order valence-electron chi connectivity index (χ3n) is 6.40. The summed E-state index contributed by atoms with van der Waals surface area (Å²) < 4.78 is 20.7. The van der Waals surface area contributed by atoms with Crippen LogP contribution in [0, 0.1) is 5.82 Å². The van der Waals surface area contributed by atoms with E-state index in [9.17, 15) is 19.4 Å². The summed E-state index contributed by atoms with van der Waals surface area (Å²) in [5.41, 5.74) is -0.0504. The van der Waals surface area contributed by atoms with Crippen molar-refractivity contribution in [2.24, 2.45) is 0 Å². The van der Waals surface area contributed by atoms with Crippen molar-refractivity contribution >= 4 is 55.8 Å². The number of aliphatic hydroxyl groups excluding tert-OH is 1. The number of aliphatic hydroxyl groups is 2. The van der Waals surface area contributed by atoms with E-state index in [1.165, 1.54) is 12.1 Å². The van der Waals surface area contributed by atoms with Gasteiger partial charge < -0.3 is 25.2 Å². The minimum absolute atomic E-state index is 0.115. The Morgan fingerprint density at radius 3 is 2.91 bits per heavy atom. The molecule has 3 aromatic rings. The number of anilines is 2. The van der Waals surface area contributed by atoms with Crippen molar-refractivity contribution < 1.29 is 24.1 Å². The number of benzene rings is 2. The van der Waals surface area contributed by atoms with Crippen LogP contribution in [-0.2, 0) is 11.2 Å². The maximum absolute atomic E-state index is 14.1. The van der Waals surface area contributed by atoms with Gasteiger partial charge in [0.2, 0.25) is 5.91 Å². The van der Waals surface area contributed by atoms with E-state index in [4.69, 9.17) is 21.3 Å². The highest BCUT2D eigenvalue weighted by atomic mass is 79.9. The number of piperidine rings is 1. The zero-order chi connectivity index (χ0) is 24.0. The van der Waals surface area contributed by atoms with Crippen molar-refractivity contribution in [3.63, 3.8) is 0 Å². The first kappa shape index (κ1) is 23.3.